The molecule has 0 aromatic rings. The maximum Gasteiger partial charge on any atom is 0.136 e. The van der Waals surface area contributed by atoms with E-state index in [1.54, 1.807) is 0 Å². The lowest BCUT2D eigenvalue weighted by molar-refractivity contribution is -0.123. The molecular weight excluding hydrogens is 452 g/mol. The topological polar surface area (TPSA) is 34.1 Å². The summed E-state index contributed by atoms with van der Waals surface area (Å²) >= 11 is 5.24. The summed E-state index contributed by atoms with van der Waals surface area (Å²) in [4.78, 5) is 23.4. The Hall–Kier alpha value is -0.890. The maximum absolute atomic E-state index is 12.1. The van der Waals surface area contributed by atoms with Crippen LogP contribution in [0.3, 0.4) is 0 Å². The van der Waals surface area contributed by atoms with Crippen LogP contribution in [0.4, 0.5) is 0 Å². The molecule has 3 heteroatoms. The SMILES string of the molecule is C=C(C)CC1CCCCCCCCCCC1=O.C=C(C)CCl.O=C1CCCCCCCCCCC1. The molecule has 1 atom stereocenters. The number of ketones is 2. The monoisotopic (exact) mass is 508 g/mol. The standard InChI is InChI=1S/C16H28O.C12H22O.C4H7Cl/c1-14(2)13-15-11-9-7-5-3-4-6-8-10-12-16(15)17;13-12-10-8-6-4-2-1-3-5-7-9-11-12;1-4(2)3-5/h15H,1,3-13H2,2H3;1-11H2;1,3H2,2H3. The quantitative estimate of drug-likeness (QED) is 0.280. The van der Waals surface area contributed by atoms with Crippen molar-refractivity contribution in [2.24, 2.45) is 5.92 Å². The molecule has 2 saturated carbocycles. The van der Waals surface area contributed by atoms with Crippen molar-refractivity contribution in [1.82, 2.24) is 0 Å². The van der Waals surface area contributed by atoms with E-state index in [4.69, 9.17) is 11.6 Å². The Morgan fingerprint density at radius 2 is 0.971 bits per heavy atom. The van der Waals surface area contributed by atoms with Crippen molar-refractivity contribution >= 4 is 23.2 Å². The molecule has 0 radical (unpaired) electrons. The molecule has 0 heterocycles. The number of rotatable bonds is 3. The van der Waals surface area contributed by atoms with Gasteiger partial charge < -0.3 is 0 Å². The van der Waals surface area contributed by atoms with E-state index >= 15 is 0 Å². The van der Waals surface area contributed by atoms with Crippen LogP contribution in [0.1, 0.15) is 155 Å². The van der Waals surface area contributed by atoms with Gasteiger partial charge >= 0.3 is 0 Å². The number of allylic oxidation sites excluding steroid dienone is 2. The summed E-state index contributed by atoms with van der Waals surface area (Å²) in [6, 6.07) is 0. The average molecular weight is 509 g/mol. The number of hydrogen-bond donors (Lipinski definition) is 0. The Labute approximate surface area is 223 Å². The lowest BCUT2D eigenvalue weighted by Gasteiger charge is -2.16. The van der Waals surface area contributed by atoms with Crippen LogP contribution in [0.15, 0.2) is 24.3 Å². The molecule has 2 rings (SSSR count). The van der Waals surface area contributed by atoms with Crippen molar-refractivity contribution in [3.8, 4) is 0 Å². The third-order valence-corrected chi connectivity index (χ3v) is 7.37. The Kier molecular flexibility index (Phi) is 24.2. The van der Waals surface area contributed by atoms with Crippen molar-refractivity contribution in [2.75, 3.05) is 5.88 Å². The summed E-state index contributed by atoms with van der Waals surface area (Å²) in [5.74, 6) is 1.85. The van der Waals surface area contributed by atoms with Gasteiger partial charge in [0.2, 0.25) is 0 Å². The van der Waals surface area contributed by atoms with Crippen molar-refractivity contribution in [1.29, 1.82) is 0 Å². The van der Waals surface area contributed by atoms with Crippen LogP contribution in [0.25, 0.3) is 0 Å². The number of alkyl halides is 1. The van der Waals surface area contributed by atoms with Crippen LogP contribution < -0.4 is 0 Å². The Morgan fingerprint density at radius 1 is 0.629 bits per heavy atom. The van der Waals surface area contributed by atoms with Crippen LogP contribution in [-0.2, 0) is 9.59 Å². The molecule has 0 aromatic carbocycles. The summed E-state index contributed by atoms with van der Waals surface area (Å²) in [7, 11) is 0. The predicted octanol–water partition coefficient (Wildman–Crippen LogP) is 10.7. The molecular formula is C32H57ClO2. The molecule has 0 saturated heterocycles. The number of halogens is 1. The zero-order valence-corrected chi connectivity index (χ0v) is 24.2. The van der Waals surface area contributed by atoms with Gasteiger partial charge in [-0.3, -0.25) is 9.59 Å². The highest BCUT2D eigenvalue weighted by Gasteiger charge is 2.17. The van der Waals surface area contributed by atoms with E-state index in [9.17, 15) is 9.59 Å². The largest absolute Gasteiger partial charge is 0.300 e. The van der Waals surface area contributed by atoms with Gasteiger partial charge in [0.05, 0.1) is 0 Å². The molecule has 1 unspecified atom stereocenters. The van der Waals surface area contributed by atoms with Crippen LogP contribution in [0, 0.1) is 5.92 Å². The summed E-state index contributed by atoms with van der Waals surface area (Å²) in [5, 5.41) is 0. The average Bonchev–Trinajstić information content (AvgIpc) is 2.81. The van der Waals surface area contributed by atoms with E-state index in [-0.39, 0.29) is 5.92 Å². The molecule has 0 aromatic heterocycles. The van der Waals surface area contributed by atoms with Gasteiger partial charge in [-0.15, -0.1) is 18.2 Å². The van der Waals surface area contributed by atoms with Crippen LogP contribution in [0.2, 0.25) is 0 Å². The zero-order valence-electron chi connectivity index (χ0n) is 23.4. The second-order valence-electron chi connectivity index (χ2n) is 11.0. The third-order valence-electron chi connectivity index (χ3n) is 6.92. The fraction of sp³-hybridized carbons (Fsp3) is 0.812. The van der Waals surface area contributed by atoms with Crippen LogP contribution in [0.5, 0.6) is 0 Å². The summed E-state index contributed by atoms with van der Waals surface area (Å²) < 4.78 is 0. The van der Waals surface area contributed by atoms with E-state index in [1.165, 1.54) is 89.9 Å². The number of Topliss-reactive ketones (excluding diaryl/α,β-unsaturated/α-hetero) is 2. The fourth-order valence-corrected chi connectivity index (χ4v) is 4.76. The molecule has 2 aliphatic rings. The highest BCUT2D eigenvalue weighted by atomic mass is 35.5. The van der Waals surface area contributed by atoms with Gasteiger partial charge in [0.25, 0.3) is 0 Å². The fourth-order valence-electron chi connectivity index (χ4n) is 4.76. The first-order valence-corrected chi connectivity index (χ1v) is 15.3. The zero-order chi connectivity index (χ0) is 26.2. The Balaban J connectivity index is 0.000000567. The lowest BCUT2D eigenvalue weighted by atomic mass is 9.87. The maximum atomic E-state index is 12.1. The lowest BCUT2D eigenvalue weighted by Crippen LogP contribution is -2.15. The highest BCUT2D eigenvalue weighted by Crippen LogP contribution is 2.23. The first-order chi connectivity index (χ1) is 16.9. The molecule has 0 spiro atoms. The molecule has 35 heavy (non-hydrogen) atoms. The highest BCUT2D eigenvalue weighted by molar-refractivity contribution is 6.19. The van der Waals surface area contributed by atoms with Gasteiger partial charge in [0.1, 0.15) is 11.6 Å². The van der Waals surface area contributed by atoms with Gasteiger partial charge in [-0.25, -0.2) is 0 Å². The van der Waals surface area contributed by atoms with E-state index in [1.807, 2.05) is 13.8 Å². The van der Waals surface area contributed by atoms with Gasteiger partial charge in [-0.1, -0.05) is 108 Å². The predicted molar refractivity (Wildman–Crippen MR) is 155 cm³/mol. The summed E-state index contributed by atoms with van der Waals surface area (Å²) in [6.45, 7) is 11.4. The summed E-state index contributed by atoms with van der Waals surface area (Å²) in [5.41, 5.74) is 2.18. The van der Waals surface area contributed by atoms with Crippen LogP contribution in [-0.4, -0.2) is 17.4 Å². The first-order valence-electron chi connectivity index (χ1n) is 14.8. The smallest absolute Gasteiger partial charge is 0.136 e. The Morgan fingerprint density at radius 3 is 1.34 bits per heavy atom. The van der Waals surface area contributed by atoms with Gasteiger partial charge in [0.15, 0.2) is 0 Å². The van der Waals surface area contributed by atoms with Crippen molar-refractivity contribution in [3.63, 3.8) is 0 Å². The third kappa shape index (κ3) is 24.6. The summed E-state index contributed by atoms with van der Waals surface area (Å²) in [6.07, 6.45) is 26.5. The van der Waals surface area contributed by atoms with Gasteiger partial charge in [0, 0.05) is 31.1 Å². The molecule has 0 amide bonds. The molecule has 2 nitrogen and oxygen atoms in total. The van der Waals surface area contributed by atoms with Crippen molar-refractivity contribution in [3.05, 3.63) is 24.3 Å². The second kappa shape index (κ2) is 24.8. The second-order valence-corrected chi connectivity index (χ2v) is 11.3. The molecule has 2 aliphatic carbocycles. The van der Waals surface area contributed by atoms with E-state index in [2.05, 4.69) is 13.2 Å². The van der Waals surface area contributed by atoms with E-state index < -0.39 is 0 Å². The minimum Gasteiger partial charge on any atom is -0.300 e. The molecule has 204 valence electrons. The minimum absolute atomic E-state index is 0.270. The molecule has 0 bridgehead atoms. The number of hydrogen-bond acceptors (Lipinski definition) is 2. The van der Waals surface area contributed by atoms with E-state index in [0.717, 1.165) is 62.5 Å². The molecule has 0 N–H and O–H groups in total. The van der Waals surface area contributed by atoms with Gasteiger partial charge in [-0.05, 0) is 46.0 Å². The molecule has 2 fully saturated rings. The normalized spacial score (nSPS) is 21.7. The Bertz CT molecular complexity index is 552. The minimum atomic E-state index is 0.270. The van der Waals surface area contributed by atoms with Crippen LogP contribution >= 0.6 is 11.6 Å². The van der Waals surface area contributed by atoms with Gasteiger partial charge in [-0.2, -0.15) is 0 Å². The number of carbonyl (C=O) groups is 2. The van der Waals surface area contributed by atoms with Crippen molar-refractivity contribution < 1.29 is 9.59 Å². The first kappa shape index (κ1) is 34.1. The molecule has 0 aliphatic heterocycles. The van der Waals surface area contributed by atoms with Crippen molar-refractivity contribution in [2.45, 2.75) is 155 Å². The van der Waals surface area contributed by atoms with E-state index in [0.29, 0.717) is 17.4 Å². The number of carbonyl (C=O) groups excluding carboxylic acids is 2.